The Labute approximate surface area is 213 Å². The first kappa shape index (κ1) is 32.3. The van der Waals surface area contributed by atoms with Gasteiger partial charge in [0.05, 0.1) is 104 Å². The topological polar surface area (TPSA) is 0 Å². The minimum atomic E-state index is 0.796. The summed E-state index contributed by atoms with van der Waals surface area (Å²) in [7, 11) is 26.6. The van der Waals surface area contributed by atoms with Gasteiger partial charge in [-0.15, -0.1) is 0 Å². The van der Waals surface area contributed by atoms with Crippen LogP contribution in [0.1, 0.15) is 18.1 Å². The normalized spacial score (nSPS) is 12.5. The van der Waals surface area contributed by atoms with E-state index in [0.29, 0.717) is 0 Å². The van der Waals surface area contributed by atoms with Crippen molar-refractivity contribution in [2.75, 3.05) is 97.7 Å². The van der Waals surface area contributed by atoms with E-state index in [2.05, 4.69) is 154 Å². The lowest BCUT2D eigenvalue weighted by molar-refractivity contribution is -0.895. The first-order valence-corrected chi connectivity index (χ1v) is 12.5. The fraction of sp³-hybridized carbons (Fsp3) is 0.600. The Kier molecular flexibility index (Phi) is 12.2. The highest BCUT2D eigenvalue weighted by molar-refractivity contribution is 5.43. The van der Waals surface area contributed by atoms with Crippen LogP contribution in [0.25, 0.3) is 0 Å². The molecular formula is C30H58N4+4. The number of hydrogen-bond donors (Lipinski definition) is 0. The summed E-state index contributed by atoms with van der Waals surface area (Å²) in [4.78, 5) is 0. The summed E-state index contributed by atoms with van der Waals surface area (Å²) in [5.74, 6) is 0.796. The molecule has 0 aliphatic carbocycles. The lowest BCUT2D eigenvalue weighted by atomic mass is 10.1. The third-order valence-electron chi connectivity index (χ3n) is 5.30. The van der Waals surface area contributed by atoms with E-state index in [1.165, 1.54) is 35.6 Å². The van der Waals surface area contributed by atoms with Crippen LogP contribution in [0.15, 0.2) is 48.5 Å². The first-order valence-electron chi connectivity index (χ1n) is 12.5. The van der Waals surface area contributed by atoms with E-state index < -0.39 is 0 Å². The summed E-state index contributed by atoms with van der Waals surface area (Å²) in [5.41, 5.74) is 5.35. The summed E-state index contributed by atoms with van der Waals surface area (Å²) in [5, 5.41) is 0. The second-order valence-corrected chi connectivity index (χ2v) is 13.8. The molecule has 4 nitrogen and oxygen atoms in total. The highest BCUT2D eigenvalue weighted by Crippen LogP contribution is 2.17. The predicted octanol–water partition coefficient (Wildman–Crippen LogP) is 5.42. The number of benzene rings is 2. The smallest absolute Gasteiger partial charge is 0.132 e. The second kappa shape index (κ2) is 12.8. The van der Waals surface area contributed by atoms with Crippen LogP contribution >= 0.6 is 0 Å². The van der Waals surface area contributed by atoms with Crippen molar-refractivity contribution in [3.8, 4) is 0 Å². The van der Waals surface area contributed by atoms with E-state index >= 15 is 0 Å². The van der Waals surface area contributed by atoms with Gasteiger partial charge in [0.25, 0.3) is 0 Å². The van der Waals surface area contributed by atoms with Crippen molar-refractivity contribution in [3.05, 3.63) is 59.7 Å². The van der Waals surface area contributed by atoms with E-state index in [4.69, 9.17) is 0 Å². The number of quaternary nitrogens is 4. The summed E-state index contributed by atoms with van der Waals surface area (Å²) in [6.07, 6.45) is 0. The van der Waals surface area contributed by atoms with Crippen LogP contribution in [-0.2, 0) is 0 Å². The van der Waals surface area contributed by atoms with Crippen LogP contribution in [0.5, 0.6) is 0 Å². The summed E-state index contributed by atoms with van der Waals surface area (Å²) in [6.45, 7) is 9.09. The molecule has 0 aromatic heterocycles. The Hall–Kier alpha value is -1.72. The Morgan fingerprint density at radius 3 is 1.24 bits per heavy atom. The van der Waals surface area contributed by atoms with E-state index in [9.17, 15) is 0 Å². The van der Waals surface area contributed by atoms with Crippen LogP contribution in [0, 0.1) is 19.8 Å². The highest BCUT2D eigenvalue weighted by Gasteiger charge is 2.19. The minimum absolute atomic E-state index is 0.796. The standard InChI is InChI=1S/C10H26N2.2C10H16N/c1-10(8-11(2,3)4)9-12(5,6)7;1-9-5-7-10(8-6-9)11(2,3)4;1-9-6-5-7-10(8-9)11(2,3)4/h10H,8-9H2,1-7H3;2*5-8H,1-4H3/q+2;2*+1. The molecule has 0 atom stereocenters. The maximum atomic E-state index is 2.34. The summed E-state index contributed by atoms with van der Waals surface area (Å²) < 4.78 is 3.92. The molecule has 0 amide bonds. The molecule has 0 bridgehead atoms. The van der Waals surface area contributed by atoms with Gasteiger partial charge in [0.2, 0.25) is 0 Å². The second-order valence-electron chi connectivity index (χ2n) is 13.8. The molecule has 0 unspecified atom stereocenters. The molecule has 0 heterocycles. The molecule has 0 aliphatic rings. The Bertz CT molecular complexity index is 810. The number of hydrogen-bond acceptors (Lipinski definition) is 0. The van der Waals surface area contributed by atoms with Crippen molar-refractivity contribution in [1.29, 1.82) is 0 Å². The van der Waals surface area contributed by atoms with E-state index in [0.717, 1.165) is 23.9 Å². The zero-order valence-corrected chi connectivity index (χ0v) is 25.4. The largest absolute Gasteiger partial charge is 0.331 e. The van der Waals surface area contributed by atoms with Crippen molar-refractivity contribution in [1.82, 2.24) is 8.97 Å². The van der Waals surface area contributed by atoms with E-state index in [-0.39, 0.29) is 0 Å². The molecule has 0 saturated heterocycles. The molecule has 2 aromatic rings. The van der Waals surface area contributed by atoms with E-state index in [1.54, 1.807) is 0 Å². The van der Waals surface area contributed by atoms with Gasteiger partial charge in [-0.2, -0.15) is 0 Å². The van der Waals surface area contributed by atoms with Crippen molar-refractivity contribution in [3.63, 3.8) is 0 Å². The molecule has 2 rings (SSSR count). The molecule has 0 spiro atoms. The van der Waals surface area contributed by atoms with Crippen molar-refractivity contribution in [2.24, 2.45) is 5.92 Å². The monoisotopic (exact) mass is 474 g/mol. The van der Waals surface area contributed by atoms with Gasteiger partial charge in [-0.25, -0.2) is 0 Å². The molecule has 194 valence electrons. The van der Waals surface area contributed by atoms with Crippen molar-refractivity contribution < 1.29 is 8.97 Å². The molecule has 0 aliphatic heterocycles. The van der Waals surface area contributed by atoms with Gasteiger partial charge in [-0.05, 0) is 37.6 Å². The third-order valence-corrected chi connectivity index (χ3v) is 5.30. The number of rotatable bonds is 6. The Morgan fingerprint density at radius 2 is 0.941 bits per heavy atom. The average molecular weight is 475 g/mol. The van der Waals surface area contributed by atoms with Gasteiger partial charge in [-0.3, -0.25) is 8.97 Å². The van der Waals surface area contributed by atoms with Gasteiger partial charge >= 0.3 is 0 Å². The molecule has 2 aromatic carbocycles. The van der Waals surface area contributed by atoms with Crippen LogP contribution in [-0.4, -0.2) is 107 Å². The zero-order valence-electron chi connectivity index (χ0n) is 25.4. The molecule has 0 radical (unpaired) electrons. The summed E-state index contributed by atoms with van der Waals surface area (Å²) in [6, 6.07) is 17.3. The SMILES string of the molecule is CC(C[N+](C)(C)C)C[N+](C)(C)C.Cc1ccc([N+](C)(C)C)cc1.Cc1cccc([N+](C)(C)C)c1. The first-order chi connectivity index (χ1) is 15.1. The van der Waals surface area contributed by atoms with Crippen molar-refractivity contribution >= 4 is 11.4 Å². The third kappa shape index (κ3) is 16.0. The number of aryl methyl sites for hydroxylation is 2. The lowest BCUT2D eigenvalue weighted by Gasteiger charge is -2.32. The Balaban J connectivity index is 0.000000481. The van der Waals surface area contributed by atoms with Gasteiger partial charge in [0.1, 0.15) is 11.4 Å². The van der Waals surface area contributed by atoms with Crippen molar-refractivity contribution in [2.45, 2.75) is 20.8 Å². The molecule has 0 saturated carbocycles. The highest BCUT2D eigenvalue weighted by atomic mass is 15.3. The van der Waals surface area contributed by atoms with Gasteiger partial charge in [0, 0.05) is 6.07 Å². The molecule has 4 heteroatoms. The molecule has 0 N–H and O–H groups in total. The minimum Gasteiger partial charge on any atom is -0.331 e. The fourth-order valence-corrected chi connectivity index (χ4v) is 3.96. The van der Waals surface area contributed by atoms with Crippen LogP contribution in [0.3, 0.4) is 0 Å². The quantitative estimate of drug-likeness (QED) is 0.491. The Morgan fingerprint density at radius 1 is 0.529 bits per heavy atom. The van der Waals surface area contributed by atoms with Crippen LogP contribution < -0.4 is 8.97 Å². The number of nitrogens with zero attached hydrogens (tertiary/aromatic N) is 4. The van der Waals surface area contributed by atoms with Gasteiger partial charge in [-0.1, -0.05) is 36.8 Å². The van der Waals surface area contributed by atoms with E-state index in [1.807, 2.05) is 0 Å². The maximum Gasteiger partial charge on any atom is 0.132 e. The zero-order chi connectivity index (χ0) is 27.0. The lowest BCUT2D eigenvalue weighted by Crippen LogP contribution is -2.45. The average Bonchev–Trinajstić information content (AvgIpc) is 2.58. The predicted molar refractivity (Wildman–Crippen MR) is 156 cm³/mol. The fourth-order valence-electron chi connectivity index (χ4n) is 3.96. The molecule has 34 heavy (non-hydrogen) atoms. The van der Waals surface area contributed by atoms with Gasteiger partial charge in [0.15, 0.2) is 0 Å². The van der Waals surface area contributed by atoms with Gasteiger partial charge < -0.3 is 8.97 Å². The molecular weight excluding hydrogens is 416 g/mol. The van der Waals surface area contributed by atoms with Crippen LogP contribution in [0.2, 0.25) is 0 Å². The summed E-state index contributed by atoms with van der Waals surface area (Å²) >= 11 is 0. The molecule has 0 fully saturated rings. The maximum absolute atomic E-state index is 2.34. The van der Waals surface area contributed by atoms with Crippen LogP contribution in [0.4, 0.5) is 11.4 Å².